The molecule has 1 saturated heterocycles. The van der Waals surface area contributed by atoms with E-state index in [9.17, 15) is 0 Å². The molecule has 3 heteroatoms. The van der Waals surface area contributed by atoms with Crippen molar-refractivity contribution in [2.24, 2.45) is 0 Å². The number of aromatic nitrogens is 1. The van der Waals surface area contributed by atoms with E-state index in [1.165, 1.54) is 22.2 Å². The van der Waals surface area contributed by atoms with Crippen LogP contribution in [0, 0.1) is 0 Å². The van der Waals surface area contributed by atoms with Gasteiger partial charge in [-0.15, -0.1) is 0 Å². The van der Waals surface area contributed by atoms with Gasteiger partial charge in [-0.2, -0.15) is 0 Å². The molecule has 3 aromatic rings. The summed E-state index contributed by atoms with van der Waals surface area (Å²) in [5, 5.41) is 1.29. The van der Waals surface area contributed by atoms with Gasteiger partial charge < -0.3 is 4.90 Å². The van der Waals surface area contributed by atoms with Crippen LogP contribution < -0.4 is 4.90 Å². The number of nitrogens with zero attached hydrogens (tertiary/aromatic N) is 3. The van der Waals surface area contributed by atoms with Gasteiger partial charge in [0.2, 0.25) is 0 Å². The van der Waals surface area contributed by atoms with Gasteiger partial charge in [-0.05, 0) is 23.1 Å². The molecule has 1 aromatic heterocycles. The summed E-state index contributed by atoms with van der Waals surface area (Å²) >= 11 is 0. The predicted octanol–water partition coefficient (Wildman–Crippen LogP) is 4.68. The first-order valence-electron chi connectivity index (χ1n) is 9.61. The van der Waals surface area contributed by atoms with Crippen LogP contribution in [0.1, 0.15) is 30.9 Å². The monoisotopic (exact) mass is 345 g/mol. The molecule has 0 saturated carbocycles. The first-order chi connectivity index (χ1) is 12.7. The quantitative estimate of drug-likeness (QED) is 0.684. The van der Waals surface area contributed by atoms with E-state index in [-0.39, 0.29) is 0 Å². The van der Waals surface area contributed by atoms with Crippen molar-refractivity contribution in [2.45, 2.75) is 26.3 Å². The Labute approximate surface area is 156 Å². The number of para-hydroxylation sites is 1. The van der Waals surface area contributed by atoms with Gasteiger partial charge in [0, 0.05) is 50.0 Å². The van der Waals surface area contributed by atoms with Gasteiger partial charge >= 0.3 is 0 Å². The number of pyridine rings is 1. The van der Waals surface area contributed by atoms with Gasteiger partial charge in [0.25, 0.3) is 0 Å². The molecule has 0 atom stereocenters. The number of hydrogen-bond donors (Lipinski definition) is 0. The van der Waals surface area contributed by atoms with Crippen LogP contribution in [0.3, 0.4) is 0 Å². The van der Waals surface area contributed by atoms with Gasteiger partial charge in [0.15, 0.2) is 0 Å². The molecule has 0 spiro atoms. The molecule has 0 N–H and O–H groups in total. The van der Waals surface area contributed by atoms with Crippen molar-refractivity contribution < 1.29 is 0 Å². The largest absolute Gasteiger partial charge is 0.368 e. The molecule has 3 nitrogen and oxygen atoms in total. The summed E-state index contributed by atoms with van der Waals surface area (Å²) in [4.78, 5) is 9.77. The fourth-order valence-corrected chi connectivity index (χ4v) is 3.91. The molecular weight excluding hydrogens is 318 g/mol. The molecular formula is C23H27N3. The second-order valence-electron chi connectivity index (χ2n) is 7.48. The minimum Gasteiger partial charge on any atom is -0.368 e. The van der Waals surface area contributed by atoms with Crippen LogP contribution >= 0.6 is 0 Å². The molecule has 26 heavy (non-hydrogen) atoms. The lowest BCUT2D eigenvalue weighted by atomic mass is 9.99. The molecule has 0 bridgehead atoms. The van der Waals surface area contributed by atoms with Crippen LogP contribution in [0.5, 0.6) is 0 Å². The first kappa shape index (κ1) is 17.0. The SMILES string of the molecule is CC(C)c1cccc2c(N3CCN(Cc4ccccc4)CC3)ccnc12. The molecule has 0 unspecified atom stereocenters. The van der Waals surface area contributed by atoms with Crippen LogP contribution in [-0.2, 0) is 6.54 Å². The first-order valence-corrected chi connectivity index (χ1v) is 9.61. The fourth-order valence-electron chi connectivity index (χ4n) is 3.91. The lowest BCUT2D eigenvalue weighted by molar-refractivity contribution is 0.250. The highest BCUT2D eigenvalue weighted by atomic mass is 15.3. The minimum absolute atomic E-state index is 0.490. The standard InChI is InChI=1S/C23H27N3/c1-18(2)20-9-6-10-21-22(11-12-24-23(20)21)26-15-13-25(14-16-26)17-19-7-4-3-5-8-19/h3-12,18H,13-17H2,1-2H3. The molecule has 0 radical (unpaired) electrons. The predicted molar refractivity (Wildman–Crippen MR) is 110 cm³/mol. The van der Waals surface area contributed by atoms with Gasteiger partial charge in [-0.25, -0.2) is 0 Å². The summed E-state index contributed by atoms with van der Waals surface area (Å²) in [5.41, 5.74) is 5.23. The van der Waals surface area contributed by atoms with E-state index in [2.05, 4.69) is 78.2 Å². The highest BCUT2D eigenvalue weighted by Crippen LogP contribution is 2.31. The number of benzene rings is 2. The maximum atomic E-state index is 4.69. The average molecular weight is 345 g/mol. The third-order valence-corrected chi connectivity index (χ3v) is 5.36. The summed E-state index contributed by atoms with van der Waals surface area (Å²) in [6.45, 7) is 9.86. The molecule has 2 heterocycles. The molecule has 0 amide bonds. The number of piperazine rings is 1. The Morgan fingerprint density at radius 1 is 0.885 bits per heavy atom. The van der Waals surface area contributed by atoms with E-state index in [1.54, 1.807) is 0 Å². The van der Waals surface area contributed by atoms with E-state index >= 15 is 0 Å². The van der Waals surface area contributed by atoms with Crippen molar-refractivity contribution in [3.8, 4) is 0 Å². The van der Waals surface area contributed by atoms with E-state index < -0.39 is 0 Å². The third kappa shape index (κ3) is 3.45. The van der Waals surface area contributed by atoms with Crippen molar-refractivity contribution in [3.63, 3.8) is 0 Å². The Morgan fingerprint density at radius 2 is 1.65 bits per heavy atom. The molecule has 0 aliphatic carbocycles. The number of anilines is 1. The van der Waals surface area contributed by atoms with Crippen LogP contribution in [-0.4, -0.2) is 36.1 Å². The van der Waals surface area contributed by atoms with Gasteiger partial charge in [-0.1, -0.05) is 62.4 Å². The van der Waals surface area contributed by atoms with E-state index in [1.807, 2.05) is 6.20 Å². The lowest BCUT2D eigenvalue weighted by Crippen LogP contribution is -2.46. The highest BCUT2D eigenvalue weighted by Gasteiger charge is 2.19. The zero-order valence-corrected chi connectivity index (χ0v) is 15.7. The Balaban J connectivity index is 1.52. The topological polar surface area (TPSA) is 19.4 Å². The maximum Gasteiger partial charge on any atom is 0.0757 e. The highest BCUT2D eigenvalue weighted by molar-refractivity contribution is 5.93. The zero-order chi connectivity index (χ0) is 17.9. The fraction of sp³-hybridized carbons (Fsp3) is 0.348. The Bertz CT molecular complexity index is 865. The van der Waals surface area contributed by atoms with E-state index in [4.69, 9.17) is 4.98 Å². The average Bonchev–Trinajstić information content (AvgIpc) is 2.68. The summed E-state index contributed by atoms with van der Waals surface area (Å²) in [7, 11) is 0. The normalized spacial score (nSPS) is 15.7. The Kier molecular flexibility index (Phi) is 4.89. The Hall–Kier alpha value is -2.39. The molecule has 1 aliphatic rings. The van der Waals surface area contributed by atoms with Crippen molar-refractivity contribution in [1.29, 1.82) is 0 Å². The van der Waals surface area contributed by atoms with E-state index in [0.717, 1.165) is 38.2 Å². The van der Waals surface area contributed by atoms with Crippen molar-refractivity contribution in [3.05, 3.63) is 71.9 Å². The summed E-state index contributed by atoms with van der Waals surface area (Å²) in [6, 6.07) is 19.6. The third-order valence-electron chi connectivity index (χ3n) is 5.36. The summed E-state index contributed by atoms with van der Waals surface area (Å²) < 4.78 is 0. The molecule has 1 fully saturated rings. The minimum atomic E-state index is 0.490. The number of hydrogen-bond acceptors (Lipinski definition) is 3. The smallest absolute Gasteiger partial charge is 0.0757 e. The van der Waals surface area contributed by atoms with Crippen molar-refractivity contribution in [1.82, 2.24) is 9.88 Å². The Morgan fingerprint density at radius 3 is 2.38 bits per heavy atom. The van der Waals surface area contributed by atoms with Crippen LogP contribution in [0.2, 0.25) is 0 Å². The van der Waals surface area contributed by atoms with Gasteiger partial charge in [-0.3, -0.25) is 9.88 Å². The molecule has 1 aliphatic heterocycles. The summed E-state index contributed by atoms with van der Waals surface area (Å²) in [6.07, 6.45) is 1.97. The number of rotatable bonds is 4. The lowest BCUT2D eigenvalue weighted by Gasteiger charge is -2.36. The molecule has 2 aromatic carbocycles. The van der Waals surface area contributed by atoms with Crippen molar-refractivity contribution in [2.75, 3.05) is 31.1 Å². The molecule has 134 valence electrons. The maximum absolute atomic E-state index is 4.69. The van der Waals surface area contributed by atoms with Crippen LogP contribution in [0.4, 0.5) is 5.69 Å². The zero-order valence-electron chi connectivity index (χ0n) is 15.7. The molecule has 4 rings (SSSR count). The summed E-state index contributed by atoms with van der Waals surface area (Å²) in [5.74, 6) is 0.490. The van der Waals surface area contributed by atoms with Crippen LogP contribution in [0.15, 0.2) is 60.8 Å². The second-order valence-corrected chi connectivity index (χ2v) is 7.48. The number of fused-ring (bicyclic) bond motifs is 1. The van der Waals surface area contributed by atoms with Crippen molar-refractivity contribution >= 4 is 16.6 Å². The van der Waals surface area contributed by atoms with Gasteiger partial charge in [0.05, 0.1) is 5.52 Å². The van der Waals surface area contributed by atoms with Crippen LogP contribution in [0.25, 0.3) is 10.9 Å². The van der Waals surface area contributed by atoms with E-state index in [0.29, 0.717) is 5.92 Å². The van der Waals surface area contributed by atoms with Gasteiger partial charge in [0.1, 0.15) is 0 Å². The second kappa shape index (κ2) is 7.46.